The van der Waals surface area contributed by atoms with E-state index in [1.165, 1.54) is 32.3 Å². The van der Waals surface area contributed by atoms with E-state index in [0.717, 1.165) is 15.3 Å². The van der Waals surface area contributed by atoms with Crippen molar-refractivity contribution in [3.8, 4) is 0 Å². The van der Waals surface area contributed by atoms with Crippen molar-refractivity contribution in [3.05, 3.63) is 55.4 Å². The van der Waals surface area contributed by atoms with Crippen LogP contribution in [0.25, 0.3) is 21.1 Å². The Bertz CT molecular complexity index is 1270. The van der Waals surface area contributed by atoms with Crippen molar-refractivity contribution in [1.82, 2.24) is 24.5 Å². The van der Waals surface area contributed by atoms with E-state index in [1.807, 2.05) is 19.9 Å². The van der Waals surface area contributed by atoms with Crippen molar-refractivity contribution in [3.63, 3.8) is 0 Å². The summed E-state index contributed by atoms with van der Waals surface area (Å²) in [4.78, 5) is 31.6. The van der Waals surface area contributed by atoms with Crippen LogP contribution in [-0.2, 0) is 12.9 Å². The summed E-state index contributed by atoms with van der Waals surface area (Å²) in [6.07, 6.45) is 0. The Balaban J connectivity index is 1.73. The minimum absolute atomic E-state index is 0.0729. The molecule has 0 aliphatic carbocycles. The summed E-state index contributed by atoms with van der Waals surface area (Å²) in [7, 11) is 1.69. The highest BCUT2D eigenvalue weighted by Gasteiger charge is 2.15. The molecule has 26 heavy (non-hydrogen) atoms. The highest BCUT2D eigenvalue weighted by molar-refractivity contribution is 7.98. The molecule has 3 aromatic heterocycles. The molecule has 0 aliphatic rings. The molecule has 7 nitrogen and oxygen atoms in total. The molecule has 0 unspecified atom stereocenters. The zero-order valence-electron chi connectivity index (χ0n) is 14.4. The van der Waals surface area contributed by atoms with Gasteiger partial charge in [0.05, 0.1) is 16.6 Å². The second-order valence-electron chi connectivity index (χ2n) is 5.91. The number of rotatable bonds is 3. The van der Waals surface area contributed by atoms with Gasteiger partial charge in [-0.05, 0) is 31.5 Å². The molecule has 0 saturated carbocycles. The molecule has 0 fully saturated rings. The molecule has 0 saturated heterocycles. The van der Waals surface area contributed by atoms with E-state index in [4.69, 9.17) is 0 Å². The Morgan fingerprint density at radius 3 is 2.73 bits per heavy atom. The first-order valence-electron chi connectivity index (χ1n) is 7.89. The van der Waals surface area contributed by atoms with Crippen molar-refractivity contribution in [2.45, 2.75) is 24.9 Å². The van der Waals surface area contributed by atoms with Gasteiger partial charge < -0.3 is 0 Å². The molecule has 9 heteroatoms. The van der Waals surface area contributed by atoms with E-state index in [9.17, 15) is 9.59 Å². The third-order valence-electron chi connectivity index (χ3n) is 4.31. The van der Waals surface area contributed by atoms with Gasteiger partial charge in [0, 0.05) is 11.9 Å². The minimum atomic E-state index is -0.211. The van der Waals surface area contributed by atoms with Crippen LogP contribution < -0.4 is 11.1 Å². The van der Waals surface area contributed by atoms with E-state index >= 15 is 0 Å². The van der Waals surface area contributed by atoms with E-state index in [-0.39, 0.29) is 17.0 Å². The number of benzene rings is 1. The maximum Gasteiger partial charge on any atom is 0.278 e. The second-order valence-corrected chi connectivity index (χ2v) is 8.02. The molecule has 1 aromatic carbocycles. The molecule has 132 valence electrons. The molecule has 0 amide bonds. The molecule has 0 aliphatic heterocycles. The van der Waals surface area contributed by atoms with Gasteiger partial charge in [-0.15, -0.1) is 16.4 Å². The van der Waals surface area contributed by atoms with Gasteiger partial charge >= 0.3 is 0 Å². The Hall–Kier alpha value is -2.52. The van der Waals surface area contributed by atoms with Gasteiger partial charge in [-0.2, -0.15) is 4.68 Å². The second kappa shape index (κ2) is 6.33. The largest absolute Gasteiger partial charge is 0.290 e. The normalized spacial score (nSPS) is 11.5. The standard InChI is InChI=1S/C17H15N5O2S2/c1-9-10(2)26-14-13(9)16(24)21(3)17(18-14)25-8-22-15(23)11-6-4-5-7-12(11)19-20-22/h4-7H,8H2,1-3H3. The van der Waals surface area contributed by atoms with E-state index in [0.29, 0.717) is 21.4 Å². The van der Waals surface area contributed by atoms with Gasteiger partial charge in [-0.3, -0.25) is 14.2 Å². The predicted octanol–water partition coefficient (Wildman–Crippen LogP) is 2.47. The molecule has 0 atom stereocenters. The van der Waals surface area contributed by atoms with E-state index in [2.05, 4.69) is 15.3 Å². The molecular weight excluding hydrogens is 370 g/mol. The van der Waals surface area contributed by atoms with Crippen LogP contribution in [0, 0.1) is 13.8 Å². The Morgan fingerprint density at radius 2 is 1.92 bits per heavy atom. The maximum absolute atomic E-state index is 12.7. The van der Waals surface area contributed by atoms with Crippen molar-refractivity contribution < 1.29 is 0 Å². The number of aryl methyl sites for hydroxylation is 2. The van der Waals surface area contributed by atoms with Gasteiger partial charge in [0.1, 0.15) is 10.3 Å². The summed E-state index contributed by atoms with van der Waals surface area (Å²) < 4.78 is 2.81. The Morgan fingerprint density at radius 1 is 1.15 bits per heavy atom. The van der Waals surface area contributed by atoms with Crippen molar-refractivity contribution in [2.24, 2.45) is 7.05 Å². The van der Waals surface area contributed by atoms with E-state index in [1.54, 1.807) is 25.2 Å². The van der Waals surface area contributed by atoms with Gasteiger partial charge in [0.25, 0.3) is 11.1 Å². The Labute approximate surface area is 156 Å². The topological polar surface area (TPSA) is 82.7 Å². The zero-order chi connectivity index (χ0) is 18.4. The molecular formula is C17H15N5O2S2. The van der Waals surface area contributed by atoms with Crippen LogP contribution in [0.1, 0.15) is 10.4 Å². The van der Waals surface area contributed by atoms with Crippen molar-refractivity contribution in [1.29, 1.82) is 0 Å². The van der Waals surface area contributed by atoms with Gasteiger partial charge in [-0.25, -0.2) is 4.98 Å². The summed E-state index contributed by atoms with van der Waals surface area (Å²) in [5.41, 5.74) is 1.26. The smallest absolute Gasteiger partial charge is 0.278 e. The molecule has 0 radical (unpaired) electrons. The number of thioether (sulfide) groups is 1. The van der Waals surface area contributed by atoms with Crippen LogP contribution in [0.5, 0.6) is 0 Å². The molecule has 3 heterocycles. The van der Waals surface area contributed by atoms with Gasteiger partial charge in [0.2, 0.25) is 0 Å². The van der Waals surface area contributed by atoms with Crippen LogP contribution in [0.3, 0.4) is 0 Å². The fourth-order valence-electron chi connectivity index (χ4n) is 2.71. The SMILES string of the molecule is Cc1sc2nc(SCn3nnc4ccccc4c3=O)n(C)c(=O)c2c1C. The summed E-state index contributed by atoms with van der Waals surface area (Å²) in [5.74, 6) is 0.228. The number of hydrogen-bond acceptors (Lipinski definition) is 7. The minimum Gasteiger partial charge on any atom is -0.290 e. The summed E-state index contributed by atoms with van der Waals surface area (Å²) in [5, 5.41) is 9.78. The number of thiophene rings is 1. The third kappa shape index (κ3) is 2.63. The summed E-state index contributed by atoms with van der Waals surface area (Å²) >= 11 is 2.79. The highest BCUT2D eigenvalue weighted by atomic mass is 32.2. The lowest BCUT2D eigenvalue weighted by molar-refractivity contribution is 0.639. The number of aromatic nitrogens is 5. The number of hydrogen-bond donors (Lipinski definition) is 0. The molecule has 0 N–H and O–H groups in total. The first-order chi connectivity index (χ1) is 12.5. The number of fused-ring (bicyclic) bond motifs is 2. The predicted molar refractivity (Wildman–Crippen MR) is 104 cm³/mol. The van der Waals surface area contributed by atoms with Crippen LogP contribution in [0.15, 0.2) is 39.0 Å². The summed E-state index contributed by atoms with van der Waals surface area (Å²) in [6.45, 7) is 3.92. The van der Waals surface area contributed by atoms with Gasteiger partial charge in [-0.1, -0.05) is 29.1 Å². The van der Waals surface area contributed by atoms with Crippen molar-refractivity contribution >= 4 is 44.2 Å². The fourth-order valence-corrected chi connectivity index (χ4v) is 4.63. The van der Waals surface area contributed by atoms with E-state index < -0.39 is 0 Å². The Kier molecular flexibility index (Phi) is 4.12. The quantitative estimate of drug-likeness (QED) is 0.398. The highest BCUT2D eigenvalue weighted by Crippen LogP contribution is 2.28. The fraction of sp³-hybridized carbons (Fsp3) is 0.235. The first kappa shape index (κ1) is 16.9. The van der Waals surface area contributed by atoms with Crippen LogP contribution >= 0.6 is 23.1 Å². The third-order valence-corrected chi connectivity index (χ3v) is 6.41. The molecule has 0 spiro atoms. The average Bonchev–Trinajstić information content (AvgIpc) is 2.92. The molecule has 4 aromatic rings. The van der Waals surface area contributed by atoms with Gasteiger partial charge in [0.15, 0.2) is 5.16 Å². The lowest BCUT2D eigenvalue weighted by Crippen LogP contribution is -2.24. The van der Waals surface area contributed by atoms with Crippen LogP contribution in [0.4, 0.5) is 0 Å². The van der Waals surface area contributed by atoms with Crippen molar-refractivity contribution in [2.75, 3.05) is 0 Å². The first-order valence-corrected chi connectivity index (χ1v) is 9.69. The van der Waals surface area contributed by atoms with Crippen LogP contribution in [0.2, 0.25) is 0 Å². The average molecular weight is 385 g/mol. The zero-order valence-corrected chi connectivity index (χ0v) is 16.0. The number of nitrogens with zero attached hydrogens (tertiary/aromatic N) is 5. The maximum atomic E-state index is 12.7. The molecule has 0 bridgehead atoms. The summed E-state index contributed by atoms with van der Waals surface area (Å²) in [6, 6.07) is 7.09. The lowest BCUT2D eigenvalue weighted by atomic mass is 10.2. The van der Waals surface area contributed by atoms with Crippen LogP contribution in [-0.4, -0.2) is 24.5 Å². The monoisotopic (exact) mass is 385 g/mol. The molecule has 4 rings (SSSR count). The lowest BCUT2D eigenvalue weighted by Gasteiger charge is -2.08.